The number of nitrogens with one attached hydrogen (secondary N) is 2. The van der Waals surface area contributed by atoms with Crippen LogP contribution >= 0.6 is 27.5 Å². The molecule has 0 aromatic heterocycles. The van der Waals surface area contributed by atoms with Gasteiger partial charge in [0, 0.05) is 5.02 Å². The van der Waals surface area contributed by atoms with Gasteiger partial charge in [-0.1, -0.05) is 11.6 Å². The molecule has 0 saturated carbocycles. The van der Waals surface area contributed by atoms with Gasteiger partial charge >= 0.3 is 6.09 Å². The maximum absolute atomic E-state index is 11.3. The third-order valence-corrected chi connectivity index (χ3v) is 2.60. The van der Waals surface area contributed by atoms with Crippen molar-refractivity contribution < 1.29 is 19.1 Å². The van der Waals surface area contributed by atoms with Gasteiger partial charge in [-0.2, -0.15) is 0 Å². The molecule has 0 atom stereocenters. The van der Waals surface area contributed by atoms with E-state index in [1.807, 2.05) is 5.43 Å². The number of hydrogen-bond donors (Lipinski definition) is 2. The van der Waals surface area contributed by atoms with Crippen LogP contribution in [0.2, 0.25) is 5.02 Å². The highest BCUT2D eigenvalue weighted by atomic mass is 79.9. The fourth-order valence-corrected chi connectivity index (χ4v) is 1.74. The van der Waals surface area contributed by atoms with Gasteiger partial charge in [-0.05, 0) is 34.1 Å². The SMILES string of the molecule is COC(=O)NNC(=O)COc1ccc(Cl)cc1Br. The molecular formula is C10H10BrClN2O4. The van der Waals surface area contributed by atoms with E-state index in [0.717, 1.165) is 0 Å². The summed E-state index contributed by atoms with van der Waals surface area (Å²) in [5.74, 6) is -0.0603. The number of ether oxygens (including phenoxy) is 2. The maximum Gasteiger partial charge on any atom is 0.425 e. The van der Waals surface area contributed by atoms with Crippen molar-refractivity contribution in [1.82, 2.24) is 10.9 Å². The Morgan fingerprint density at radius 1 is 1.39 bits per heavy atom. The monoisotopic (exact) mass is 336 g/mol. The Bertz CT molecular complexity index is 456. The molecule has 2 amide bonds. The van der Waals surface area contributed by atoms with E-state index in [1.165, 1.54) is 7.11 Å². The standard InChI is InChI=1S/C10H10BrClN2O4/c1-17-10(16)14-13-9(15)5-18-8-3-2-6(12)4-7(8)11/h2-4H,5H2,1H3,(H,13,15)(H,14,16). The third kappa shape index (κ3) is 4.80. The Morgan fingerprint density at radius 3 is 2.72 bits per heavy atom. The van der Waals surface area contributed by atoms with Gasteiger partial charge in [-0.3, -0.25) is 10.2 Å². The fourth-order valence-electron chi connectivity index (χ4n) is 0.943. The number of hydrazine groups is 1. The fraction of sp³-hybridized carbons (Fsp3) is 0.200. The minimum atomic E-state index is -0.768. The summed E-state index contributed by atoms with van der Waals surface area (Å²) >= 11 is 8.99. The van der Waals surface area contributed by atoms with Crippen LogP contribution in [-0.4, -0.2) is 25.7 Å². The summed E-state index contributed by atoms with van der Waals surface area (Å²) in [6, 6.07) is 4.89. The molecule has 0 unspecified atom stereocenters. The number of halogens is 2. The highest BCUT2D eigenvalue weighted by Gasteiger charge is 2.07. The zero-order valence-corrected chi connectivity index (χ0v) is 11.7. The minimum absolute atomic E-state index is 0.260. The molecule has 1 rings (SSSR count). The zero-order valence-electron chi connectivity index (χ0n) is 9.33. The number of rotatable bonds is 3. The largest absolute Gasteiger partial charge is 0.483 e. The average Bonchev–Trinajstić information content (AvgIpc) is 2.34. The van der Waals surface area contributed by atoms with Crippen molar-refractivity contribution in [3.63, 3.8) is 0 Å². The Labute approximate surface area is 117 Å². The van der Waals surface area contributed by atoms with E-state index in [1.54, 1.807) is 18.2 Å². The normalized spacial score (nSPS) is 9.50. The van der Waals surface area contributed by atoms with Gasteiger partial charge in [0.15, 0.2) is 6.61 Å². The Morgan fingerprint density at radius 2 is 2.11 bits per heavy atom. The smallest absolute Gasteiger partial charge is 0.425 e. The predicted molar refractivity (Wildman–Crippen MR) is 68.3 cm³/mol. The molecule has 2 N–H and O–H groups in total. The summed E-state index contributed by atoms with van der Waals surface area (Å²) < 4.78 is 10.1. The van der Waals surface area contributed by atoms with E-state index in [-0.39, 0.29) is 6.61 Å². The van der Waals surface area contributed by atoms with Crippen LogP contribution in [0.5, 0.6) is 5.75 Å². The summed E-state index contributed by atoms with van der Waals surface area (Å²) in [5.41, 5.74) is 4.12. The molecule has 8 heteroatoms. The van der Waals surface area contributed by atoms with Crippen molar-refractivity contribution in [3.05, 3.63) is 27.7 Å². The highest BCUT2D eigenvalue weighted by molar-refractivity contribution is 9.10. The van der Waals surface area contributed by atoms with Crippen molar-refractivity contribution in [2.45, 2.75) is 0 Å². The lowest BCUT2D eigenvalue weighted by Crippen LogP contribution is -2.43. The van der Waals surface area contributed by atoms with Crippen LogP contribution in [-0.2, 0) is 9.53 Å². The Balaban J connectivity index is 2.40. The van der Waals surface area contributed by atoms with Crippen molar-refractivity contribution in [2.75, 3.05) is 13.7 Å². The molecule has 98 valence electrons. The lowest BCUT2D eigenvalue weighted by molar-refractivity contribution is -0.123. The molecule has 0 aliphatic carbocycles. The lowest BCUT2D eigenvalue weighted by atomic mass is 10.3. The van der Waals surface area contributed by atoms with Crippen LogP contribution in [0.3, 0.4) is 0 Å². The van der Waals surface area contributed by atoms with E-state index in [4.69, 9.17) is 16.3 Å². The van der Waals surface area contributed by atoms with Crippen molar-refractivity contribution in [1.29, 1.82) is 0 Å². The number of methoxy groups -OCH3 is 1. The summed E-state index contributed by atoms with van der Waals surface area (Å²) in [6.45, 7) is -0.260. The first-order valence-corrected chi connectivity index (χ1v) is 5.90. The second kappa shape index (κ2) is 7.07. The molecular weight excluding hydrogens is 327 g/mol. The summed E-state index contributed by atoms with van der Waals surface area (Å²) in [5, 5.41) is 0.547. The van der Waals surface area contributed by atoms with Gasteiger partial charge in [0.1, 0.15) is 5.75 Å². The molecule has 6 nitrogen and oxygen atoms in total. The van der Waals surface area contributed by atoms with E-state index in [2.05, 4.69) is 26.1 Å². The van der Waals surface area contributed by atoms with Crippen LogP contribution < -0.4 is 15.6 Å². The van der Waals surface area contributed by atoms with Crippen molar-refractivity contribution >= 4 is 39.5 Å². The number of carbonyl (C=O) groups excluding carboxylic acids is 2. The predicted octanol–water partition coefficient (Wildman–Crippen LogP) is 1.87. The van der Waals surface area contributed by atoms with E-state index >= 15 is 0 Å². The molecule has 0 saturated heterocycles. The van der Waals surface area contributed by atoms with Crippen LogP contribution in [0.15, 0.2) is 22.7 Å². The van der Waals surface area contributed by atoms with E-state index < -0.39 is 12.0 Å². The first-order chi connectivity index (χ1) is 8.52. The second-order valence-electron chi connectivity index (χ2n) is 3.03. The minimum Gasteiger partial charge on any atom is -0.483 e. The second-order valence-corrected chi connectivity index (χ2v) is 4.32. The quantitative estimate of drug-likeness (QED) is 0.826. The van der Waals surface area contributed by atoms with Crippen LogP contribution in [0.25, 0.3) is 0 Å². The van der Waals surface area contributed by atoms with E-state index in [9.17, 15) is 9.59 Å². The first-order valence-electron chi connectivity index (χ1n) is 4.73. The van der Waals surface area contributed by atoms with Crippen LogP contribution in [0, 0.1) is 0 Å². The molecule has 0 radical (unpaired) electrons. The number of hydrogen-bond acceptors (Lipinski definition) is 4. The molecule has 18 heavy (non-hydrogen) atoms. The van der Waals surface area contributed by atoms with Gasteiger partial charge in [-0.25, -0.2) is 10.2 Å². The average molecular weight is 338 g/mol. The lowest BCUT2D eigenvalue weighted by Gasteiger charge is -2.09. The van der Waals surface area contributed by atoms with Crippen LogP contribution in [0.4, 0.5) is 4.79 Å². The van der Waals surface area contributed by atoms with Gasteiger partial charge in [0.05, 0.1) is 11.6 Å². The molecule has 0 bridgehead atoms. The Kier molecular flexibility index (Phi) is 5.73. The van der Waals surface area contributed by atoms with Crippen LogP contribution in [0.1, 0.15) is 0 Å². The van der Waals surface area contributed by atoms with E-state index in [0.29, 0.717) is 15.2 Å². The molecule has 1 aromatic rings. The Hall–Kier alpha value is -1.47. The number of carbonyl (C=O) groups is 2. The highest BCUT2D eigenvalue weighted by Crippen LogP contribution is 2.27. The zero-order chi connectivity index (χ0) is 13.5. The van der Waals surface area contributed by atoms with Crippen molar-refractivity contribution in [3.8, 4) is 5.75 Å². The first kappa shape index (κ1) is 14.6. The maximum atomic E-state index is 11.3. The summed E-state index contributed by atoms with van der Waals surface area (Å²) in [6.07, 6.45) is -0.768. The topological polar surface area (TPSA) is 76.7 Å². The number of benzene rings is 1. The molecule has 0 aliphatic heterocycles. The third-order valence-electron chi connectivity index (χ3n) is 1.74. The molecule has 0 spiro atoms. The van der Waals surface area contributed by atoms with Gasteiger partial charge in [-0.15, -0.1) is 0 Å². The summed E-state index contributed by atoms with van der Waals surface area (Å²) in [4.78, 5) is 21.9. The van der Waals surface area contributed by atoms with Gasteiger partial charge in [0.2, 0.25) is 0 Å². The molecule has 0 fully saturated rings. The molecule has 0 heterocycles. The van der Waals surface area contributed by atoms with Crippen molar-refractivity contribution in [2.24, 2.45) is 0 Å². The molecule has 1 aromatic carbocycles. The molecule has 0 aliphatic rings. The summed E-state index contributed by atoms with van der Waals surface area (Å²) in [7, 11) is 1.18. The number of amides is 2. The van der Waals surface area contributed by atoms with Gasteiger partial charge in [0.25, 0.3) is 5.91 Å². The van der Waals surface area contributed by atoms with Gasteiger partial charge < -0.3 is 9.47 Å².